The van der Waals surface area contributed by atoms with E-state index < -0.39 is 0 Å². The van der Waals surface area contributed by atoms with Gasteiger partial charge in [-0.25, -0.2) is 0 Å². The molecule has 6 heteroatoms. The van der Waals surface area contributed by atoms with Crippen LogP contribution in [0.3, 0.4) is 0 Å². The fourth-order valence-electron chi connectivity index (χ4n) is 3.31. The molecule has 0 spiro atoms. The number of likely N-dealkylation sites (tertiary alicyclic amines) is 1. The van der Waals surface area contributed by atoms with E-state index >= 15 is 0 Å². The molecule has 5 nitrogen and oxygen atoms in total. The molecular weight excluding hydrogens is 394 g/mol. The number of aromatic amines is 1. The zero-order valence-corrected chi connectivity index (χ0v) is 17.0. The van der Waals surface area contributed by atoms with Crippen molar-refractivity contribution in [3.8, 4) is 0 Å². The Kier molecular flexibility index (Phi) is 5.61. The van der Waals surface area contributed by atoms with Crippen molar-refractivity contribution in [2.75, 3.05) is 13.1 Å². The van der Waals surface area contributed by atoms with Gasteiger partial charge >= 0.3 is 0 Å². The molecule has 1 aromatic carbocycles. The number of benzene rings is 1. The summed E-state index contributed by atoms with van der Waals surface area (Å²) >= 11 is 3.50. The average molecular weight is 418 g/mol. The van der Waals surface area contributed by atoms with Gasteiger partial charge in [-0.15, -0.1) is 0 Å². The standard InChI is InChI=1S/C20H24BrN3O2/c1-12(2)17-16(21)18(23-22-17)20(26)24-10-8-15(9-11-24)19(25)14-6-4-13(3)5-7-14/h4-7,12,15H,8-11H2,1-3H3,(H,22,23). The first kappa shape index (κ1) is 18.8. The molecule has 1 aromatic heterocycles. The van der Waals surface area contributed by atoms with E-state index in [2.05, 4.69) is 40.0 Å². The number of amides is 1. The number of Topliss-reactive ketones (excluding diaryl/α,β-unsaturated/α-hetero) is 1. The predicted molar refractivity (Wildman–Crippen MR) is 105 cm³/mol. The van der Waals surface area contributed by atoms with Crippen LogP contribution in [0.1, 0.15) is 64.7 Å². The molecule has 3 rings (SSSR count). The molecule has 2 aromatic rings. The minimum absolute atomic E-state index is 0.0180. The number of ketones is 1. The van der Waals surface area contributed by atoms with Crippen LogP contribution in [0.5, 0.6) is 0 Å². The van der Waals surface area contributed by atoms with Gasteiger partial charge in [0.25, 0.3) is 5.91 Å². The number of aryl methyl sites for hydroxylation is 1. The Morgan fingerprint density at radius 2 is 1.81 bits per heavy atom. The summed E-state index contributed by atoms with van der Waals surface area (Å²) in [6.07, 6.45) is 1.38. The van der Waals surface area contributed by atoms with Gasteiger partial charge in [0.15, 0.2) is 11.5 Å². The molecule has 1 fully saturated rings. The molecule has 2 heterocycles. The number of carbonyl (C=O) groups is 2. The third-order valence-electron chi connectivity index (χ3n) is 5.00. The largest absolute Gasteiger partial charge is 0.337 e. The first-order valence-electron chi connectivity index (χ1n) is 9.02. The van der Waals surface area contributed by atoms with E-state index in [1.54, 1.807) is 4.90 Å². The Labute approximate surface area is 162 Å². The van der Waals surface area contributed by atoms with Gasteiger partial charge in [0.05, 0.1) is 10.2 Å². The molecule has 0 bridgehead atoms. The number of carbonyl (C=O) groups excluding carboxylic acids is 2. The van der Waals surface area contributed by atoms with Crippen LogP contribution in [0.25, 0.3) is 0 Å². The molecule has 1 aliphatic heterocycles. The number of piperidine rings is 1. The highest BCUT2D eigenvalue weighted by Crippen LogP contribution is 2.28. The van der Waals surface area contributed by atoms with E-state index in [4.69, 9.17) is 0 Å². The van der Waals surface area contributed by atoms with E-state index in [1.165, 1.54) is 0 Å². The minimum atomic E-state index is -0.0822. The second kappa shape index (κ2) is 7.74. The SMILES string of the molecule is Cc1ccc(C(=O)C2CCN(C(=O)c3n[nH]c(C(C)C)c3Br)CC2)cc1. The third kappa shape index (κ3) is 3.75. The minimum Gasteiger partial charge on any atom is -0.337 e. The molecule has 0 saturated carbocycles. The van der Waals surface area contributed by atoms with Gasteiger partial charge in [-0.2, -0.15) is 5.10 Å². The maximum Gasteiger partial charge on any atom is 0.275 e. The van der Waals surface area contributed by atoms with E-state index in [0.717, 1.165) is 21.3 Å². The topological polar surface area (TPSA) is 66.1 Å². The number of aromatic nitrogens is 2. The van der Waals surface area contributed by atoms with Crippen LogP contribution >= 0.6 is 15.9 Å². The van der Waals surface area contributed by atoms with Gasteiger partial charge in [-0.1, -0.05) is 43.7 Å². The highest BCUT2D eigenvalue weighted by Gasteiger charge is 2.30. The molecule has 0 unspecified atom stereocenters. The van der Waals surface area contributed by atoms with Crippen LogP contribution < -0.4 is 0 Å². The highest BCUT2D eigenvalue weighted by atomic mass is 79.9. The quantitative estimate of drug-likeness (QED) is 0.752. The van der Waals surface area contributed by atoms with Gasteiger partial charge in [0.1, 0.15) is 0 Å². The summed E-state index contributed by atoms with van der Waals surface area (Å²) in [7, 11) is 0. The second-order valence-corrected chi connectivity index (χ2v) is 8.04. The van der Waals surface area contributed by atoms with E-state index in [-0.39, 0.29) is 23.5 Å². The first-order valence-corrected chi connectivity index (χ1v) is 9.81. The van der Waals surface area contributed by atoms with Crippen molar-refractivity contribution >= 4 is 27.6 Å². The first-order chi connectivity index (χ1) is 12.4. The van der Waals surface area contributed by atoms with Crippen molar-refractivity contribution in [2.24, 2.45) is 5.92 Å². The molecule has 0 atom stereocenters. The monoisotopic (exact) mass is 417 g/mol. The van der Waals surface area contributed by atoms with Crippen molar-refractivity contribution in [2.45, 2.75) is 39.5 Å². The van der Waals surface area contributed by atoms with Gasteiger partial charge in [0, 0.05) is 24.6 Å². The maximum atomic E-state index is 12.8. The van der Waals surface area contributed by atoms with Crippen LogP contribution in [-0.4, -0.2) is 39.9 Å². The van der Waals surface area contributed by atoms with Crippen LogP contribution in [0.15, 0.2) is 28.7 Å². The predicted octanol–water partition coefficient (Wildman–Crippen LogP) is 4.34. The van der Waals surface area contributed by atoms with Gasteiger partial charge in [-0.05, 0) is 41.6 Å². The van der Waals surface area contributed by atoms with Crippen LogP contribution in [0.4, 0.5) is 0 Å². The Morgan fingerprint density at radius 1 is 1.19 bits per heavy atom. The highest BCUT2D eigenvalue weighted by molar-refractivity contribution is 9.10. The lowest BCUT2D eigenvalue weighted by Gasteiger charge is -2.31. The van der Waals surface area contributed by atoms with Crippen molar-refractivity contribution < 1.29 is 9.59 Å². The fraction of sp³-hybridized carbons (Fsp3) is 0.450. The van der Waals surface area contributed by atoms with Crippen LogP contribution in [0.2, 0.25) is 0 Å². The summed E-state index contributed by atoms with van der Waals surface area (Å²) in [4.78, 5) is 27.2. The Bertz CT molecular complexity index is 803. The molecule has 1 aliphatic rings. The van der Waals surface area contributed by atoms with Crippen LogP contribution in [0, 0.1) is 12.8 Å². The molecular formula is C20H24BrN3O2. The summed E-state index contributed by atoms with van der Waals surface area (Å²) < 4.78 is 0.746. The lowest BCUT2D eigenvalue weighted by Crippen LogP contribution is -2.40. The lowest BCUT2D eigenvalue weighted by molar-refractivity contribution is 0.0645. The van der Waals surface area contributed by atoms with Gasteiger partial charge in [-0.3, -0.25) is 14.7 Å². The number of hydrogen-bond acceptors (Lipinski definition) is 3. The zero-order valence-electron chi connectivity index (χ0n) is 15.4. The number of hydrogen-bond donors (Lipinski definition) is 1. The molecule has 1 N–H and O–H groups in total. The summed E-state index contributed by atoms with van der Waals surface area (Å²) in [5, 5.41) is 7.14. The molecule has 138 valence electrons. The molecule has 0 aliphatic carbocycles. The summed E-state index contributed by atoms with van der Waals surface area (Å²) in [5.74, 6) is 0.341. The Hall–Kier alpha value is -1.95. The van der Waals surface area contributed by atoms with Gasteiger partial charge in [0.2, 0.25) is 0 Å². The summed E-state index contributed by atoms with van der Waals surface area (Å²) in [6, 6.07) is 7.72. The number of H-pyrrole nitrogens is 1. The second-order valence-electron chi connectivity index (χ2n) is 7.25. The zero-order chi connectivity index (χ0) is 18.8. The van der Waals surface area contributed by atoms with Gasteiger partial charge < -0.3 is 4.90 Å². The van der Waals surface area contributed by atoms with Crippen molar-refractivity contribution in [3.63, 3.8) is 0 Å². The Balaban J connectivity index is 1.64. The fourth-order valence-corrected chi connectivity index (χ4v) is 4.12. The van der Waals surface area contributed by atoms with Crippen molar-refractivity contribution in [1.82, 2.24) is 15.1 Å². The molecule has 1 amide bonds. The maximum absolute atomic E-state index is 12.8. The number of nitrogens with zero attached hydrogens (tertiary/aromatic N) is 2. The molecule has 0 radical (unpaired) electrons. The third-order valence-corrected chi connectivity index (χ3v) is 5.80. The molecule has 1 saturated heterocycles. The number of halogens is 1. The Morgan fingerprint density at radius 3 is 2.35 bits per heavy atom. The summed E-state index contributed by atoms with van der Waals surface area (Å²) in [6.45, 7) is 7.27. The average Bonchev–Trinajstić information content (AvgIpc) is 3.03. The van der Waals surface area contributed by atoms with E-state index in [0.29, 0.717) is 31.6 Å². The molecule has 26 heavy (non-hydrogen) atoms. The van der Waals surface area contributed by atoms with Crippen molar-refractivity contribution in [1.29, 1.82) is 0 Å². The van der Waals surface area contributed by atoms with Crippen LogP contribution in [-0.2, 0) is 0 Å². The number of nitrogens with one attached hydrogen (secondary N) is 1. The number of rotatable bonds is 4. The van der Waals surface area contributed by atoms with Crippen molar-refractivity contribution in [3.05, 3.63) is 51.3 Å². The smallest absolute Gasteiger partial charge is 0.275 e. The lowest BCUT2D eigenvalue weighted by atomic mass is 9.88. The normalized spacial score (nSPS) is 15.5. The van der Waals surface area contributed by atoms with E-state index in [9.17, 15) is 9.59 Å². The summed E-state index contributed by atoms with van der Waals surface area (Å²) in [5.41, 5.74) is 3.26. The van der Waals surface area contributed by atoms with E-state index in [1.807, 2.05) is 31.2 Å².